The van der Waals surface area contributed by atoms with Gasteiger partial charge in [0.1, 0.15) is 18.0 Å². The van der Waals surface area contributed by atoms with Crippen molar-refractivity contribution in [2.75, 3.05) is 6.61 Å². The molecule has 0 aromatic heterocycles. The molecule has 4 heteroatoms. The first kappa shape index (κ1) is 15.8. The van der Waals surface area contributed by atoms with Gasteiger partial charge in [-0.15, -0.1) is 0 Å². The summed E-state index contributed by atoms with van der Waals surface area (Å²) >= 11 is 0. The summed E-state index contributed by atoms with van der Waals surface area (Å²) in [6.07, 6.45) is 0.368. The van der Waals surface area contributed by atoms with E-state index in [-0.39, 0.29) is 17.6 Å². The van der Waals surface area contributed by atoms with Gasteiger partial charge in [-0.25, -0.2) is 8.78 Å². The molecule has 1 aliphatic rings. The highest BCUT2D eigenvalue weighted by Gasteiger charge is 2.29. The molecule has 0 bridgehead atoms. The van der Waals surface area contributed by atoms with Crippen molar-refractivity contribution in [3.63, 3.8) is 0 Å². The standard InChI is InChI=1S/C17H22F2O2/c1-5-17(18,19)13-8-6-12(7-9-13)10-14(15-11-20-15)21-16(2,3)4/h6-9H,5,10-11H2,1-4H3/b15-14-. The van der Waals surface area contributed by atoms with E-state index in [0.717, 1.165) is 17.1 Å². The predicted octanol–water partition coefficient (Wildman–Crippen LogP) is 4.79. The maximum absolute atomic E-state index is 13.6. The summed E-state index contributed by atoms with van der Waals surface area (Å²) in [5.74, 6) is -1.12. The van der Waals surface area contributed by atoms with Crippen LogP contribution in [0.25, 0.3) is 0 Å². The van der Waals surface area contributed by atoms with Crippen molar-refractivity contribution in [1.29, 1.82) is 0 Å². The van der Waals surface area contributed by atoms with E-state index in [1.807, 2.05) is 20.8 Å². The maximum atomic E-state index is 13.6. The number of ether oxygens (including phenoxy) is 2. The number of alkyl halides is 2. The van der Waals surface area contributed by atoms with E-state index in [0.29, 0.717) is 13.0 Å². The van der Waals surface area contributed by atoms with Crippen LogP contribution in [0.4, 0.5) is 8.78 Å². The summed E-state index contributed by atoms with van der Waals surface area (Å²) in [6, 6.07) is 6.44. The Morgan fingerprint density at radius 1 is 1.19 bits per heavy atom. The third-order valence-corrected chi connectivity index (χ3v) is 3.21. The van der Waals surface area contributed by atoms with Crippen molar-refractivity contribution in [1.82, 2.24) is 0 Å². The van der Waals surface area contributed by atoms with Crippen molar-refractivity contribution >= 4 is 0 Å². The molecule has 1 fully saturated rings. The van der Waals surface area contributed by atoms with Crippen LogP contribution in [-0.2, 0) is 21.8 Å². The smallest absolute Gasteiger partial charge is 0.273 e. The first-order valence-corrected chi connectivity index (χ1v) is 7.22. The minimum Gasteiger partial charge on any atom is -0.488 e. The predicted molar refractivity (Wildman–Crippen MR) is 78.1 cm³/mol. The lowest BCUT2D eigenvalue weighted by Crippen LogP contribution is -2.19. The number of benzene rings is 1. The Balaban J connectivity index is 2.11. The van der Waals surface area contributed by atoms with Gasteiger partial charge in [-0.3, -0.25) is 0 Å². The van der Waals surface area contributed by atoms with Crippen LogP contribution in [0.5, 0.6) is 0 Å². The van der Waals surface area contributed by atoms with Crippen LogP contribution >= 0.6 is 0 Å². The Morgan fingerprint density at radius 2 is 1.76 bits per heavy atom. The van der Waals surface area contributed by atoms with E-state index in [1.54, 1.807) is 12.1 Å². The van der Waals surface area contributed by atoms with Gasteiger partial charge in [0, 0.05) is 18.4 Å². The van der Waals surface area contributed by atoms with Crippen LogP contribution in [0.1, 0.15) is 45.2 Å². The fourth-order valence-electron chi connectivity index (χ4n) is 2.01. The summed E-state index contributed by atoms with van der Waals surface area (Å²) in [7, 11) is 0. The molecule has 1 saturated heterocycles. The number of allylic oxidation sites excluding steroid dienone is 1. The van der Waals surface area contributed by atoms with Gasteiger partial charge in [0.05, 0.1) is 0 Å². The third-order valence-electron chi connectivity index (χ3n) is 3.21. The van der Waals surface area contributed by atoms with Crippen LogP contribution in [0, 0.1) is 0 Å². The molecule has 1 heterocycles. The Kier molecular flexibility index (Phi) is 4.26. The minimum absolute atomic E-state index is 0.0577. The van der Waals surface area contributed by atoms with Crippen LogP contribution < -0.4 is 0 Å². The molecule has 0 N–H and O–H groups in total. The molecule has 2 nitrogen and oxygen atoms in total. The van der Waals surface area contributed by atoms with Gasteiger partial charge in [0.25, 0.3) is 5.92 Å². The second-order valence-electron chi connectivity index (χ2n) is 6.28. The average molecular weight is 296 g/mol. The SMILES string of the molecule is CCC(F)(F)c1ccc(C/C(OC(C)(C)C)=C2\CO2)cc1. The van der Waals surface area contributed by atoms with E-state index < -0.39 is 5.92 Å². The molecule has 0 radical (unpaired) electrons. The lowest BCUT2D eigenvalue weighted by Gasteiger charge is -2.23. The summed E-state index contributed by atoms with van der Waals surface area (Å²) < 4.78 is 38.3. The van der Waals surface area contributed by atoms with E-state index >= 15 is 0 Å². The molecule has 116 valence electrons. The van der Waals surface area contributed by atoms with Crippen molar-refractivity contribution in [2.45, 2.75) is 52.1 Å². The first-order chi connectivity index (χ1) is 9.71. The minimum atomic E-state index is -2.76. The van der Waals surface area contributed by atoms with Crippen molar-refractivity contribution < 1.29 is 18.3 Å². The summed E-state index contributed by atoms with van der Waals surface area (Å²) in [5, 5.41) is 0. The van der Waals surface area contributed by atoms with E-state index in [4.69, 9.17) is 9.47 Å². The largest absolute Gasteiger partial charge is 0.488 e. The van der Waals surface area contributed by atoms with Crippen molar-refractivity contribution in [3.05, 3.63) is 46.9 Å². The summed E-state index contributed by atoms with van der Waals surface area (Å²) in [5.41, 5.74) is 0.694. The first-order valence-electron chi connectivity index (χ1n) is 7.22. The number of rotatable bonds is 5. The van der Waals surface area contributed by atoms with Gasteiger partial charge in [0.15, 0.2) is 5.76 Å². The molecule has 0 aliphatic carbocycles. The van der Waals surface area contributed by atoms with Gasteiger partial charge in [-0.1, -0.05) is 31.2 Å². The fraction of sp³-hybridized carbons (Fsp3) is 0.529. The van der Waals surface area contributed by atoms with Crippen molar-refractivity contribution in [3.8, 4) is 0 Å². The number of halogens is 2. The van der Waals surface area contributed by atoms with Crippen LogP contribution in [0.3, 0.4) is 0 Å². The molecule has 0 saturated carbocycles. The van der Waals surface area contributed by atoms with Crippen molar-refractivity contribution in [2.24, 2.45) is 0 Å². The molecule has 1 aromatic carbocycles. The summed E-state index contributed by atoms with van der Waals surface area (Å²) in [4.78, 5) is 0. The maximum Gasteiger partial charge on any atom is 0.273 e. The Labute approximate surface area is 124 Å². The fourth-order valence-corrected chi connectivity index (χ4v) is 2.01. The molecule has 1 aromatic rings. The molecule has 1 aliphatic heterocycles. The number of hydrogen-bond donors (Lipinski definition) is 0. The van der Waals surface area contributed by atoms with Gasteiger partial charge >= 0.3 is 0 Å². The third kappa shape index (κ3) is 4.45. The van der Waals surface area contributed by atoms with E-state index in [1.165, 1.54) is 19.1 Å². The summed E-state index contributed by atoms with van der Waals surface area (Å²) in [6.45, 7) is 8.00. The lowest BCUT2D eigenvalue weighted by molar-refractivity contribution is -0.00829. The van der Waals surface area contributed by atoms with Crippen LogP contribution in [0.15, 0.2) is 35.8 Å². The molecule has 0 unspecified atom stereocenters. The molecule has 21 heavy (non-hydrogen) atoms. The highest BCUT2D eigenvalue weighted by atomic mass is 19.3. The van der Waals surface area contributed by atoms with Gasteiger partial charge in [-0.2, -0.15) is 0 Å². The topological polar surface area (TPSA) is 21.8 Å². The Hall–Kier alpha value is -1.58. The Bertz CT molecular complexity index is 519. The second kappa shape index (κ2) is 5.66. The molecule has 2 rings (SSSR count). The zero-order valence-corrected chi connectivity index (χ0v) is 13.0. The second-order valence-corrected chi connectivity index (χ2v) is 6.28. The van der Waals surface area contributed by atoms with Gasteiger partial charge in [0.2, 0.25) is 0 Å². The molecule has 0 amide bonds. The molecule has 0 spiro atoms. The van der Waals surface area contributed by atoms with Crippen LogP contribution in [0.2, 0.25) is 0 Å². The zero-order chi connectivity index (χ0) is 15.7. The lowest BCUT2D eigenvalue weighted by atomic mass is 10.0. The quantitative estimate of drug-likeness (QED) is 0.575. The van der Waals surface area contributed by atoms with Crippen LogP contribution in [-0.4, -0.2) is 12.2 Å². The highest BCUT2D eigenvalue weighted by molar-refractivity contribution is 5.29. The van der Waals surface area contributed by atoms with Gasteiger partial charge < -0.3 is 9.47 Å². The number of hydrogen-bond acceptors (Lipinski definition) is 2. The number of epoxide rings is 1. The molecular weight excluding hydrogens is 274 g/mol. The van der Waals surface area contributed by atoms with E-state index in [2.05, 4.69) is 0 Å². The normalized spacial score (nSPS) is 17.2. The molecule has 0 atom stereocenters. The Morgan fingerprint density at radius 3 is 2.19 bits per heavy atom. The zero-order valence-electron chi connectivity index (χ0n) is 13.0. The van der Waals surface area contributed by atoms with Gasteiger partial charge in [-0.05, 0) is 26.3 Å². The average Bonchev–Trinajstić information content (AvgIpc) is 3.21. The van der Waals surface area contributed by atoms with E-state index in [9.17, 15) is 8.78 Å². The monoisotopic (exact) mass is 296 g/mol. The molecular formula is C17H22F2O2. The highest BCUT2D eigenvalue weighted by Crippen LogP contribution is 2.32.